The van der Waals surface area contributed by atoms with Crippen molar-refractivity contribution >= 4 is 33.2 Å². The summed E-state index contributed by atoms with van der Waals surface area (Å²) < 4.78 is 2.37. The molecular formula is C52H36KN3-2. The van der Waals surface area contributed by atoms with Crippen molar-refractivity contribution in [1.82, 2.24) is 9.88 Å². The number of aliphatic imine (C=N–C) groups is 1. The van der Waals surface area contributed by atoms with Crippen LogP contribution in [0, 0.1) is 18.2 Å². The molecule has 1 aromatic heterocycles. The number of aromatic nitrogens is 1. The Labute approximate surface area is 371 Å². The van der Waals surface area contributed by atoms with Gasteiger partial charge >= 0.3 is 51.4 Å². The molecule has 0 saturated heterocycles. The van der Waals surface area contributed by atoms with E-state index in [9.17, 15) is 0 Å². The molecule has 56 heavy (non-hydrogen) atoms. The summed E-state index contributed by atoms with van der Waals surface area (Å²) in [5.74, 6) is 0. The smallest absolute Gasteiger partial charge is 0.360 e. The van der Waals surface area contributed by atoms with Crippen molar-refractivity contribution in [3.05, 3.63) is 241 Å². The standard InChI is InChI=1S/C46H31N3.C6H5.K/c1-4-15-32(16-5-1)38-23-10-11-24-39(38)35-27-28-45-41(30-35)40-25-12-13-26-44(40)49(45)37-22-14-21-36(29-37)43-31-42(33-17-6-2-7-18-33)47-46(48-43)34-19-8-3-9-20-34;1-2-4-6-5-3-1;/h1-15,17-22,24-31,46-47H;1-5H;/q-2;-1;+1. The maximum atomic E-state index is 5.24. The number of para-hydroxylation sites is 1. The first-order chi connectivity index (χ1) is 27.3. The van der Waals surface area contributed by atoms with Crippen LogP contribution in [0.2, 0.25) is 0 Å². The minimum Gasteiger partial charge on any atom is -0.360 e. The number of fused-ring (bicyclic) bond motifs is 3. The Morgan fingerprint density at radius 3 is 1.98 bits per heavy atom. The Morgan fingerprint density at radius 2 is 1.21 bits per heavy atom. The first-order valence-electron chi connectivity index (χ1n) is 18.5. The van der Waals surface area contributed by atoms with Gasteiger partial charge in [-0.1, -0.05) is 109 Å². The maximum Gasteiger partial charge on any atom is 1.00 e. The van der Waals surface area contributed by atoms with E-state index in [1.807, 2.05) is 60.7 Å². The monoisotopic (exact) mass is 741 g/mol. The van der Waals surface area contributed by atoms with E-state index in [0.717, 1.165) is 67.1 Å². The molecule has 262 valence electrons. The molecule has 8 aromatic carbocycles. The topological polar surface area (TPSA) is 29.3 Å². The van der Waals surface area contributed by atoms with Gasteiger partial charge in [0.2, 0.25) is 0 Å². The maximum absolute atomic E-state index is 5.24. The van der Waals surface area contributed by atoms with E-state index in [1.54, 1.807) is 0 Å². The molecule has 1 aliphatic rings. The Kier molecular flexibility index (Phi) is 11.6. The summed E-state index contributed by atoms with van der Waals surface area (Å²) in [6.45, 7) is 0. The van der Waals surface area contributed by atoms with Crippen molar-refractivity contribution in [3.8, 4) is 27.9 Å². The fourth-order valence-electron chi connectivity index (χ4n) is 7.28. The van der Waals surface area contributed by atoms with Crippen molar-refractivity contribution in [2.45, 2.75) is 6.17 Å². The number of nitrogens with one attached hydrogen (secondary N) is 1. The number of hydrogen-bond acceptors (Lipinski definition) is 2. The largest absolute Gasteiger partial charge is 1.00 e. The fourth-order valence-corrected chi connectivity index (χ4v) is 7.28. The third kappa shape index (κ3) is 7.89. The van der Waals surface area contributed by atoms with Crippen LogP contribution in [0.15, 0.2) is 211 Å². The summed E-state index contributed by atoms with van der Waals surface area (Å²) in [6.07, 6.45) is 1.98. The predicted molar refractivity (Wildman–Crippen MR) is 228 cm³/mol. The minimum absolute atomic E-state index is 0. The van der Waals surface area contributed by atoms with Crippen LogP contribution in [0.1, 0.15) is 22.9 Å². The molecule has 1 atom stereocenters. The summed E-state index contributed by atoms with van der Waals surface area (Å²) in [5.41, 5.74) is 13.1. The van der Waals surface area contributed by atoms with Crippen LogP contribution < -0.4 is 56.7 Å². The third-order valence-electron chi connectivity index (χ3n) is 9.87. The average Bonchev–Trinajstić information content (AvgIpc) is 3.62. The fraction of sp³-hybridized carbons (Fsp3) is 0.0192. The molecule has 0 fully saturated rings. The Bertz CT molecular complexity index is 2750. The van der Waals surface area contributed by atoms with Crippen LogP contribution in [0.3, 0.4) is 0 Å². The van der Waals surface area contributed by atoms with E-state index >= 15 is 0 Å². The van der Waals surface area contributed by atoms with Gasteiger partial charge in [0, 0.05) is 27.7 Å². The molecule has 0 aliphatic carbocycles. The van der Waals surface area contributed by atoms with Gasteiger partial charge in [0.25, 0.3) is 0 Å². The zero-order valence-electron chi connectivity index (χ0n) is 31.1. The Balaban J connectivity index is 0.000000578. The number of hydrogen-bond donors (Lipinski definition) is 1. The molecule has 10 rings (SSSR count). The summed E-state index contributed by atoms with van der Waals surface area (Å²) in [7, 11) is 0. The molecule has 0 radical (unpaired) electrons. The normalized spacial score (nSPS) is 13.4. The van der Waals surface area contributed by atoms with E-state index in [1.165, 1.54) is 10.8 Å². The zero-order chi connectivity index (χ0) is 36.8. The quantitative estimate of drug-likeness (QED) is 0.134. The molecule has 4 heteroatoms. The molecule has 2 heterocycles. The first-order valence-corrected chi connectivity index (χ1v) is 18.5. The minimum atomic E-state index is -0.194. The number of benzene rings is 8. The van der Waals surface area contributed by atoms with Gasteiger partial charge in [-0.05, 0) is 41.5 Å². The van der Waals surface area contributed by atoms with Gasteiger partial charge in [0.1, 0.15) is 6.17 Å². The molecule has 0 amide bonds. The molecule has 9 aromatic rings. The zero-order valence-corrected chi connectivity index (χ0v) is 34.2. The number of allylic oxidation sites excluding steroid dienone is 1. The van der Waals surface area contributed by atoms with Crippen LogP contribution in [0.25, 0.3) is 55.4 Å². The number of nitrogens with zero attached hydrogens (tertiary/aromatic N) is 2. The summed E-state index contributed by atoms with van der Waals surface area (Å²) in [4.78, 5) is 5.24. The molecule has 0 bridgehead atoms. The van der Waals surface area contributed by atoms with Gasteiger partial charge in [0.15, 0.2) is 0 Å². The van der Waals surface area contributed by atoms with Gasteiger partial charge < -0.3 is 9.88 Å². The molecule has 1 unspecified atom stereocenters. The van der Waals surface area contributed by atoms with Crippen molar-refractivity contribution in [2.24, 2.45) is 4.99 Å². The summed E-state index contributed by atoms with van der Waals surface area (Å²) in [6, 6.07) is 78.8. The second-order valence-electron chi connectivity index (χ2n) is 13.3. The average molecular weight is 742 g/mol. The first kappa shape index (κ1) is 37.3. The van der Waals surface area contributed by atoms with E-state index in [-0.39, 0.29) is 57.6 Å². The van der Waals surface area contributed by atoms with Gasteiger partial charge in [-0.25, -0.2) is 11.1 Å². The molecule has 1 aliphatic heterocycles. The van der Waals surface area contributed by atoms with E-state index in [4.69, 9.17) is 4.99 Å². The van der Waals surface area contributed by atoms with Crippen molar-refractivity contribution in [1.29, 1.82) is 0 Å². The van der Waals surface area contributed by atoms with Crippen LogP contribution >= 0.6 is 0 Å². The van der Waals surface area contributed by atoms with Gasteiger partial charge in [-0.15, -0.1) is 23.8 Å². The summed E-state index contributed by atoms with van der Waals surface area (Å²) >= 11 is 0. The Morgan fingerprint density at radius 1 is 0.518 bits per heavy atom. The second-order valence-corrected chi connectivity index (χ2v) is 13.3. The van der Waals surface area contributed by atoms with Gasteiger partial charge in [0.05, 0.1) is 16.7 Å². The van der Waals surface area contributed by atoms with Crippen molar-refractivity contribution in [3.63, 3.8) is 0 Å². The van der Waals surface area contributed by atoms with E-state index < -0.39 is 0 Å². The third-order valence-corrected chi connectivity index (χ3v) is 9.87. The van der Waals surface area contributed by atoms with Crippen molar-refractivity contribution < 1.29 is 51.4 Å². The van der Waals surface area contributed by atoms with Crippen molar-refractivity contribution in [2.75, 3.05) is 0 Å². The predicted octanol–water partition coefficient (Wildman–Crippen LogP) is 9.34. The summed E-state index contributed by atoms with van der Waals surface area (Å²) in [5, 5.41) is 6.10. The molecule has 0 spiro atoms. The van der Waals surface area contributed by atoms with Gasteiger partial charge in [-0.3, -0.25) is 4.99 Å². The van der Waals surface area contributed by atoms with Crippen LogP contribution in [0.5, 0.6) is 0 Å². The van der Waals surface area contributed by atoms with Crippen LogP contribution in [0.4, 0.5) is 0 Å². The van der Waals surface area contributed by atoms with Crippen LogP contribution in [-0.2, 0) is 0 Å². The molecule has 3 nitrogen and oxygen atoms in total. The Hall–Kier alpha value is -5.59. The van der Waals surface area contributed by atoms with Crippen LogP contribution in [-0.4, -0.2) is 10.3 Å². The van der Waals surface area contributed by atoms with Gasteiger partial charge in [-0.2, -0.15) is 72.8 Å². The molecular weight excluding hydrogens is 706 g/mol. The molecule has 1 N–H and O–H groups in total. The number of rotatable bonds is 6. The SMILES string of the molecule is [K+].[c-]1ccccc1.[c-]1ccccc1-c1[c-]cccc1-c1ccc2c(c1)c1ccccc1n2-c1cccc(C2=NC(c3ccccc3)NC(c3ccccc3)=C2)c1. The second kappa shape index (κ2) is 17.5. The molecule has 0 saturated carbocycles. The van der Waals surface area contributed by atoms with E-state index in [2.05, 4.69) is 174 Å². The van der Waals surface area contributed by atoms with E-state index in [0.29, 0.717) is 0 Å².